The van der Waals surface area contributed by atoms with Gasteiger partial charge in [-0.2, -0.15) is 0 Å². The molecule has 104 valence electrons. The second-order valence-electron chi connectivity index (χ2n) is 4.83. The molecule has 0 aliphatic rings. The van der Waals surface area contributed by atoms with Gasteiger partial charge < -0.3 is 18.3 Å². The molecule has 0 aliphatic carbocycles. The van der Waals surface area contributed by atoms with Crippen molar-refractivity contribution in [2.45, 2.75) is 10.8 Å². The number of ether oxygens (including phenoxy) is 1. The molecule has 0 saturated heterocycles. The summed E-state index contributed by atoms with van der Waals surface area (Å²) in [6, 6.07) is 0. The maximum Gasteiger partial charge on any atom is 0.302 e. The van der Waals surface area contributed by atoms with Crippen LogP contribution >= 0.6 is 30.8 Å². The number of nitrogens with zero attached hydrogens (tertiary/aromatic N) is 1. The molecular formula is C10H21BINO4P+. The minimum atomic E-state index is -1.35. The predicted octanol–water partition coefficient (Wildman–Crippen LogP) is 1.49. The lowest BCUT2D eigenvalue weighted by Crippen LogP contribution is -2.37. The molecule has 0 heterocycles. The number of halogens is 1. The van der Waals surface area contributed by atoms with Crippen molar-refractivity contribution in [3.8, 4) is 0 Å². The van der Waals surface area contributed by atoms with Crippen molar-refractivity contribution in [2.24, 2.45) is 0 Å². The highest BCUT2D eigenvalue weighted by atomic mass is 127. The number of carbonyl (C=O) groups is 1. The number of carbonyl (C=O) groups excluding carboxylic acids is 1. The molecule has 5 nitrogen and oxygen atoms in total. The Labute approximate surface area is 126 Å². The van der Waals surface area contributed by atoms with E-state index >= 15 is 0 Å². The van der Waals surface area contributed by atoms with Crippen molar-refractivity contribution in [2.75, 3.05) is 47.5 Å². The number of alkyl halides is 1. The first-order valence-electron chi connectivity index (χ1n) is 5.59. The average Bonchev–Trinajstić information content (AvgIpc) is 2.21. The number of rotatable bonds is 9. The lowest BCUT2D eigenvalue weighted by atomic mass is 10.5. The Hall–Kier alpha value is 0.575. The van der Waals surface area contributed by atoms with E-state index in [9.17, 15) is 4.79 Å². The molecular weight excluding hydrogens is 367 g/mol. The molecule has 0 bridgehead atoms. The Morgan fingerprint density at radius 3 is 2.44 bits per heavy atom. The van der Waals surface area contributed by atoms with Crippen LogP contribution in [0, 0.1) is 0 Å². The Kier molecular flexibility index (Phi) is 9.78. The van der Waals surface area contributed by atoms with E-state index in [1.807, 2.05) is 0 Å². The maximum absolute atomic E-state index is 10.6. The fraction of sp³-hybridized carbons (Fsp3) is 0.900. The summed E-state index contributed by atoms with van der Waals surface area (Å²) < 4.78 is 16.5. The fourth-order valence-electron chi connectivity index (χ4n) is 0.852. The van der Waals surface area contributed by atoms with Crippen LogP contribution in [-0.4, -0.2) is 69.5 Å². The first-order valence-corrected chi connectivity index (χ1v) is 8.08. The van der Waals surface area contributed by atoms with Gasteiger partial charge in [-0.3, -0.25) is 4.79 Å². The molecule has 0 aromatic rings. The molecule has 0 aromatic carbocycles. The minimum absolute atomic E-state index is 0.0852. The third kappa shape index (κ3) is 13.0. The Bertz CT molecular complexity index is 253. The first-order chi connectivity index (χ1) is 8.20. The lowest BCUT2D eigenvalue weighted by Gasteiger charge is -2.24. The van der Waals surface area contributed by atoms with Crippen LogP contribution in [-0.2, 0) is 18.6 Å². The zero-order valence-corrected chi connectivity index (χ0v) is 14.4. The van der Waals surface area contributed by atoms with Gasteiger partial charge in [-0.05, 0) is 0 Å². The van der Waals surface area contributed by atoms with Crippen LogP contribution in [0.3, 0.4) is 0 Å². The van der Waals surface area contributed by atoms with E-state index in [1.54, 1.807) is 0 Å². The van der Waals surface area contributed by atoms with E-state index in [4.69, 9.17) is 21.4 Å². The van der Waals surface area contributed by atoms with Crippen LogP contribution in [0.25, 0.3) is 0 Å². The topological polar surface area (TPSA) is 44.8 Å². The van der Waals surface area contributed by atoms with Crippen LogP contribution < -0.4 is 0 Å². The molecule has 0 fully saturated rings. The highest BCUT2D eigenvalue weighted by molar-refractivity contribution is 14.1. The molecule has 0 aliphatic heterocycles. The van der Waals surface area contributed by atoms with E-state index in [0.29, 0.717) is 19.8 Å². The molecule has 0 aromatic heterocycles. The molecule has 18 heavy (non-hydrogen) atoms. The zero-order valence-electron chi connectivity index (χ0n) is 11.4. The highest BCUT2D eigenvalue weighted by Gasteiger charge is 2.12. The molecule has 2 unspecified atom stereocenters. The van der Waals surface area contributed by atoms with Gasteiger partial charge in [0.1, 0.15) is 28.0 Å². The number of likely N-dealkylation sites (N-methyl/N-ethyl adjacent to an activating group) is 1. The summed E-state index contributed by atoms with van der Waals surface area (Å²) in [5, 5.41) is 0. The van der Waals surface area contributed by atoms with Gasteiger partial charge in [0.25, 0.3) is 0 Å². The Morgan fingerprint density at radius 1 is 1.33 bits per heavy atom. The van der Waals surface area contributed by atoms with E-state index in [0.717, 1.165) is 11.0 Å². The van der Waals surface area contributed by atoms with Gasteiger partial charge >= 0.3 is 5.97 Å². The normalized spacial score (nSPS) is 15.2. The minimum Gasteiger partial charge on any atom is -0.465 e. The van der Waals surface area contributed by atoms with Crippen LogP contribution in [0.15, 0.2) is 0 Å². The van der Waals surface area contributed by atoms with Gasteiger partial charge in [0, 0.05) is 6.92 Å². The summed E-state index contributed by atoms with van der Waals surface area (Å²) in [6.45, 7) is 3.58. The number of quaternary nitrogens is 1. The summed E-state index contributed by atoms with van der Waals surface area (Å²) in [7, 11) is 10.6. The quantitative estimate of drug-likeness (QED) is 0.150. The summed E-state index contributed by atoms with van der Waals surface area (Å²) in [5.41, 5.74) is 0. The molecule has 0 rings (SSSR count). The summed E-state index contributed by atoms with van der Waals surface area (Å²) >= 11 is 2.15. The predicted molar refractivity (Wildman–Crippen MR) is 81.9 cm³/mol. The molecule has 2 radical (unpaired) electrons. The second-order valence-corrected chi connectivity index (χ2v) is 7.68. The van der Waals surface area contributed by atoms with Crippen LogP contribution in [0.4, 0.5) is 0 Å². The monoisotopic (exact) mass is 388 g/mol. The van der Waals surface area contributed by atoms with Gasteiger partial charge in [0.15, 0.2) is 7.57 Å². The lowest BCUT2D eigenvalue weighted by molar-refractivity contribution is -0.870. The summed E-state index contributed by atoms with van der Waals surface area (Å²) in [6.07, 6.45) is 0. The molecule has 0 saturated carbocycles. The number of hydrogen-bond donors (Lipinski definition) is 0. The smallest absolute Gasteiger partial charge is 0.302 e. The first kappa shape index (κ1) is 18.6. The number of esters is 1. The molecule has 0 N–H and O–H groups in total. The van der Waals surface area contributed by atoms with E-state index in [2.05, 4.69) is 43.7 Å². The van der Waals surface area contributed by atoms with Crippen molar-refractivity contribution in [1.82, 2.24) is 0 Å². The van der Waals surface area contributed by atoms with Gasteiger partial charge in [0.05, 0.1) is 31.7 Å². The number of hydrogen-bond acceptors (Lipinski definition) is 4. The second kappa shape index (κ2) is 9.47. The third-order valence-electron chi connectivity index (χ3n) is 1.83. The van der Waals surface area contributed by atoms with Crippen molar-refractivity contribution in [3.63, 3.8) is 0 Å². The van der Waals surface area contributed by atoms with Crippen molar-refractivity contribution in [1.29, 1.82) is 0 Å². The van der Waals surface area contributed by atoms with Crippen molar-refractivity contribution in [3.05, 3.63) is 0 Å². The van der Waals surface area contributed by atoms with Gasteiger partial charge in [-0.25, -0.2) is 0 Å². The highest BCUT2D eigenvalue weighted by Crippen LogP contribution is 2.32. The van der Waals surface area contributed by atoms with Crippen LogP contribution in [0.2, 0.25) is 0 Å². The molecule has 0 spiro atoms. The van der Waals surface area contributed by atoms with E-state index < -0.39 is 8.25 Å². The summed E-state index contributed by atoms with van der Waals surface area (Å²) in [5.74, 6) is -0.286. The zero-order chi connectivity index (χ0) is 14.2. The van der Waals surface area contributed by atoms with E-state index in [1.165, 1.54) is 6.92 Å². The molecule has 8 heteroatoms. The maximum atomic E-state index is 10.6. The van der Waals surface area contributed by atoms with E-state index in [-0.39, 0.29) is 9.89 Å². The average molecular weight is 388 g/mol. The fourth-order valence-corrected chi connectivity index (χ4v) is 2.16. The third-order valence-corrected chi connectivity index (χ3v) is 3.39. The van der Waals surface area contributed by atoms with Gasteiger partial charge in [-0.1, -0.05) is 22.6 Å². The SMILES string of the molecule is [B]P(OCC[N+](C)(C)C)OCC(I)COC(C)=O. The summed E-state index contributed by atoms with van der Waals surface area (Å²) in [4.78, 5) is 10.6. The van der Waals surface area contributed by atoms with Gasteiger partial charge in [0.2, 0.25) is 0 Å². The van der Waals surface area contributed by atoms with Crippen LogP contribution in [0.5, 0.6) is 0 Å². The standard InChI is InChI=1S/C10H21BINO4P/c1-9(14)15-7-10(12)8-17-18(11)16-6-5-13(2,3)4/h10H,5-8H2,1-4H3/q+1. The Balaban J connectivity index is 3.57. The van der Waals surface area contributed by atoms with Crippen molar-refractivity contribution < 1.29 is 23.1 Å². The van der Waals surface area contributed by atoms with Gasteiger partial charge in [-0.15, -0.1) is 0 Å². The Morgan fingerprint density at radius 2 is 1.94 bits per heavy atom. The largest absolute Gasteiger partial charge is 0.465 e. The van der Waals surface area contributed by atoms with Crippen LogP contribution in [0.1, 0.15) is 6.92 Å². The van der Waals surface area contributed by atoms with Crippen molar-refractivity contribution >= 4 is 44.4 Å². The molecule has 0 amide bonds. The molecule has 2 atom stereocenters.